The molecule has 0 spiro atoms. The standard InChI is InChI=1S/C22H35N3O3S/c1-4-13-25(5-2)14-12-16(3)29(27,28)24-22(26)23-21-19-10-6-8-17(19)15-18-9-7-11-20(18)21/h15-16H,4-14H2,1-3H3,(H2,23,24,26). The van der Waals surface area contributed by atoms with Crippen LogP contribution in [-0.4, -0.2) is 44.2 Å². The highest BCUT2D eigenvalue weighted by Crippen LogP contribution is 2.38. The molecule has 2 aliphatic carbocycles. The molecule has 1 aromatic carbocycles. The predicted octanol–water partition coefficient (Wildman–Crippen LogP) is 3.63. The highest BCUT2D eigenvalue weighted by molar-refractivity contribution is 7.90. The van der Waals surface area contributed by atoms with Crippen molar-refractivity contribution in [3.8, 4) is 0 Å². The van der Waals surface area contributed by atoms with E-state index in [-0.39, 0.29) is 0 Å². The lowest BCUT2D eigenvalue weighted by atomic mass is 9.99. The molecule has 2 amide bonds. The third-order valence-electron chi connectivity index (χ3n) is 6.32. The minimum Gasteiger partial charge on any atom is -0.307 e. The lowest BCUT2D eigenvalue weighted by Gasteiger charge is -2.22. The maximum Gasteiger partial charge on any atom is 0.332 e. The topological polar surface area (TPSA) is 78.5 Å². The molecule has 1 atom stereocenters. The van der Waals surface area contributed by atoms with Crippen LogP contribution in [0.4, 0.5) is 10.5 Å². The Morgan fingerprint density at radius 3 is 2.24 bits per heavy atom. The Balaban J connectivity index is 1.65. The van der Waals surface area contributed by atoms with Gasteiger partial charge in [0.25, 0.3) is 0 Å². The first-order valence-electron chi connectivity index (χ1n) is 11.1. The fourth-order valence-corrected chi connectivity index (χ4v) is 5.53. The minimum absolute atomic E-state index is 0.507. The van der Waals surface area contributed by atoms with E-state index in [4.69, 9.17) is 0 Å². The first kappa shape index (κ1) is 22.1. The molecule has 0 radical (unpaired) electrons. The normalized spacial score (nSPS) is 16.6. The number of nitrogens with zero attached hydrogens (tertiary/aromatic N) is 1. The summed E-state index contributed by atoms with van der Waals surface area (Å²) in [6.07, 6.45) is 7.72. The predicted molar refractivity (Wildman–Crippen MR) is 118 cm³/mol. The zero-order valence-electron chi connectivity index (χ0n) is 18.0. The Morgan fingerprint density at radius 1 is 1.07 bits per heavy atom. The molecule has 7 heteroatoms. The second-order valence-corrected chi connectivity index (χ2v) is 10.5. The molecule has 0 fully saturated rings. The first-order chi connectivity index (χ1) is 13.9. The number of carbonyl (C=O) groups is 1. The number of fused-ring (bicyclic) bond motifs is 2. The summed E-state index contributed by atoms with van der Waals surface area (Å²) >= 11 is 0. The molecule has 2 aliphatic rings. The Bertz CT molecular complexity index is 819. The van der Waals surface area contributed by atoms with Gasteiger partial charge in [-0.25, -0.2) is 17.9 Å². The zero-order valence-corrected chi connectivity index (χ0v) is 18.8. The summed E-state index contributed by atoms with van der Waals surface area (Å²) in [6, 6.07) is 1.66. The molecular weight excluding hydrogens is 386 g/mol. The molecule has 0 heterocycles. The molecule has 6 nitrogen and oxygen atoms in total. The van der Waals surface area contributed by atoms with Crippen molar-refractivity contribution < 1.29 is 13.2 Å². The average Bonchev–Trinajstić information content (AvgIpc) is 3.33. The lowest BCUT2D eigenvalue weighted by molar-refractivity contribution is 0.256. The van der Waals surface area contributed by atoms with Gasteiger partial charge in [-0.3, -0.25) is 0 Å². The van der Waals surface area contributed by atoms with Crippen LogP contribution >= 0.6 is 0 Å². The third kappa shape index (κ3) is 5.12. The van der Waals surface area contributed by atoms with Crippen molar-refractivity contribution in [3.63, 3.8) is 0 Å². The Morgan fingerprint density at radius 2 is 1.69 bits per heavy atom. The fourth-order valence-electron chi connectivity index (χ4n) is 4.60. The van der Waals surface area contributed by atoms with Crippen molar-refractivity contribution in [2.24, 2.45) is 0 Å². The summed E-state index contributed by atoms with van der Waals surface area (Å²) < 4.78 is 27.6. The summed E-state index contributed by atoms with van der Waals surface area (Å²) in [5, 5.41) is 2.29. The van der Waals surface area contributed by atoms with Crippen molar-refractivity contribution in [1.82, 2.24) is 9.62 Å². The number of anilines is 1. The van der Waals surface area contributed by atoms with Gasteiger partial charge in [-0.05, 0) is 100 Å². The van der Waals surface area contributed by atoms with Crippen LogP contribution in [0.2, 0.25) is 0 Å². The Hall–Kier alpha value is -1.60. The molecule has 29 heavy (non-hydrogen) atoms. The molecule has 0 aliphatic heterocycles. The molecule has 0 bridgehead atoms. The maximum absolute atomic E-state index is 12.7. The van der Waals surface area contributed by atoms with Gasteiger partial charge in [0.2, 0.25) is 10.0 Å². The first-order valence-corrected chi connectivity index (χ1v) is 12.6. The molecule has 2 N–H and O–H groups in total. The summed E-state index contributed by atoms with van der Waals surface area (Å²) in [7, 11) is -3.72. The summed E-state index contributed by atoms with van der Waals surface area (Å²) in [5.74, 6) is 0. The van der Waals surface area contributed by atoms with Crippen LogP contribution in [0.5, 0.6) is 0 Å². The molecule has 3 rings (SSSR count). The largest absolute Gasteiger partial charge is 0.332 e. The lowest BCUT2D eigenvalue weighted by Crippen LogP contribution is -2.41. The molecule has 1 unspecified atom stereocenters. The SMILES string of the molecule is CCCN(CC)CCC(C)S(=O)(=O)NC(=O)Nc1c2c(cc3c1CCC3)CCC2. The van der Waals surface area contributed by atoms with E-state index in [0.717, 1.165) is 63.7 Å². The van der Waals surface area contributed by atoms with Gasteiger partial charge in [-0.1, -0.05) is 19.9 Å². The van der Waals surface area contributed by atoms with Crippen LogP contribution in [-0.2, 0) is 35.7 Å². The number of urea groups is 1. The van der Waals surface area contributed by atoms with E-state index in [0.29, 0.717) is 13.0 Å². The third-order valence-corrected chi connectivity index (χ3v) is 8.08. The Labute approximate surface area is 175 Å². The molecule has 1 aromatic rings. The number of nitrogens with one attached hydrogen (secondary N) is 2. The van der Waals surface area contributed by atoms with E-state index < -0.39 is 21.3 Å². The summed E-state index contributed by atoms with van der Waals surface area (Å²) in [4.78, 5) is 14.9. The molecule has 162 valence electrons. The maximum atomic E-state index is 12.7. The van der Waals surface area contributed by atoms with Crippen LogP contribution in [0.1, 0.15) is 68.7 Å². The average molecular weight is 422 g/mol. The zero-order chi connectivity index (χ0) is 21.0. The van der Waals surface area contributed by atoms with Crippen molar-refractivity contribution in [3.05, 3.63) is 28.3 Å². The van der Waals surface area contributed by atoms with Crippen molar-refractivity contribution in [2.75, 3.05) is 25.0 Å². The van der Waals surface area contributed by atoms with Gasteiger partial charge in [0.1, 0.15) is 0 Å². The van der Waals surface area contributed by atoms with Crippen LogP contribution in [0.3, 0.4) is 0 Å². The number of rotatable bonds is 9. The smallest absolute Gasteiger partial charge is 0.307 e. The monoisotopic (exact) mass is 421 g/mol. The molecule has 0 aromatic heterocycles. The van der Waals surface area contributed by atoms with Gasteiger partial charge >= 0.3 is 6.03 Å². The van der Waals surface area contributed by atoms with E-state index >= 15 is 0 Å². The number of sulfonamides is 1. The van der Waals surface area contributed by atoms with Crippen molar-refractivity contribution in [2.45, 2.75) is 77.4 Å². The van der Waals surface area contributed by atoms with Gasteiger partial charge < -0.3 is 10.2 Å². The number of carbonyl (C=O) groups excluding carboxylic acids is 1. The minimum atomic E-state index is -3.72. The number of hydrogen-bond acceptors (Lipinski definition) is 4. The van der Waals surface area contributed by atoms with Gasteiger partial charge in [0, 0.05) is 5.69 Å². The number of amides is 2. The van der Waals surface area contributed by atoms with Crippen LogP contribution < -0.4 is 10.0 Å². The van der Waals surface area contributed by atoms with Gasteiger partial charge in [0.15, 0.2) is 0 Å². The quantitative estimate of drug-likeness (QED) is 0.638. The van der Waals surface area contributed by atoms with E-state index in [1.54, 1.807) is 6.92 Å². The number of benzene rings is 1. The van der Waals surface area contributed by atoms with Crippen molar-refractivity contribution in [1.29, 1.82) is 0 Å². The summed E-state index contributed by atoms with van der Waals surface area (Å²) in [6.45, 7) is 8.45. The van der Waals surface area contributed by atoms with Gasteiger partial charge in [0.05, 0.1) is 5.25 Å². The van der Waals surface area contributed by atoms with E-state index in [2.05, 4.69) is 34.9 Å². The van der Waals surface area contributed by atoms with E-state index in [1.807, 2.05) is 0 Å². The van der Waals surface area contributed by atoms with Crippen LogP contribution in [0, 0.1) is 0 Å². The molecular formula is C22H35N3O3S. The Kier molecular flexibility index (Phi) is 7.22. The summed E-state index contributed by atoms with van der Waals surface area (Å²) in [5.41, 5.74) is 5.89. The second kappa shape index (κ2) is 9.47. The fraction of sp³-hybridized carbons (Fsp3) is 0.682. The highest BCUT2D eigenvalue weighted by atomic mass is 32.2. The number of aryl methyl sites for hydroxylation is 2. The highest BCUT2D eigenvalue weighted by Gasteiger charge is 2.27. The van der Waals surface area contributed by atoms with E-state index in [9.17, 15) is 13.2 Å². The van der Waals surface area contributed by atoms with Crippen LogP contribution in [0.25, 0.3) is 0 Å². The van der Waals surface area contributed by atoms with Crippen molar-refractivity contribution >= 4 is 21.7 Å². The molecule has 0 saturated carbocycles. The number of hydrogen-bond donors (Lipinski definition) is 2. The second-order valence-electron chi connectivity index (χ2n) is 8.37. The van der Waals surface area contributed by atoms with Crippen LogP contribution in [0.15, 0.2) is 6.07 Å². The van der Waals surface area contributed by atoms with Gasteiger partial charge in [-0.2, -0.15) is 0 Å². The molecule has 0 saturated heterocycles. The van der Waals surface area contributed by atoms with E-state index in [1.165, 1.54) is 22.3 Å². The van der Waals surface area contributed by atoms with Gasteiger partial charge in [-0.15, -0.1) is 0 Å².